The summed E-state index contributed by atoms with van der Waals surface area (Å²) in [5, 5.41) is 5.04. The molecule has 5 rings (SSSR count). The molecule has 33 heavy (non-hydrogen) atoms. The van der Waals surface area contributed by atoms with Crippen LogP contribution in [0.3, 0.4) is 0 Å². The fourth-order valence-electron chi connectivity index (χ4n) is 3.38. The molecule has 2 heterocycles. The first-order chi connectivity index (χ1) is 16.1. The molecule has 0 bridgehead atoms. The number of para-hydroxylation sites is 2. The van der Waals surface area contributed by atoms with Gasteiger partial charge in [-0.05, 0) is 42.0 Å². The van der Waals surface area contributed by atoms with Gasteiger partial charge in [0.25, 0.3) is 5.56 Å². The molecule has 164 valence electrons. The molecular weight excluding hydrogens is 476 g/mol. The van der Waals surface area contributed by atoms with Gasteiger partial charge in [-0.2, -0.15) is 0 Å². The van der Waals surface area contributed by atoms with Crippen LogP contribution in [0.15, 0.2) is 82.7 Å². The van der Waals surface area contributed by atoms with Crippen molar-refractivity contribution in [1.82, 2.24) is 14.5 Å². The minimum absolute atomic E-state index is 0.0985. The molecule has 0 unspecified atom stereocenters. The van der Waals surface area contributed by atoms with E-state index >= 15 is 0 Å². The lowest BCUT2D eigenvalue weighted by molar-refractivity contribution is -0.113. The number of anilines is 1. The van der Waals surface area contributed by atoms with Gasteiger partial charge in [0.2, 0.25) is 5.91 Å². The number of carbonyl (C=O) groups is 1. The molecule has 0 saturated heterocycles. The summed E-state index contributed by atoms with van der Waals surface area (Å²) in [5.74, 6) is -0.110. The van der Waals surface area contributed by atoms with Crippen molar-refractivity contribution in [1.29, 1.82) is 0 Å². The topological polar surface area (TPSA) is 76.9 Å². The predicted molar refractivity (Wildman–Crippen MR) is 136 cm³/mol. The van der Waals surface area contributed by atoms with Crippen molar-refractivity contribution in [2.45, 2.75) is 11.7 Å². The van der Waals surface area contributed by atoms with Crippen LogP contribution in [-0.2, 0) is 11.3 Å². The van der Waals surface area contributed by atoms with E-state index in [0.29, 0.717) is 32.8 Å². The number of carbonyl (C=O) groups excluding carboxylic acids is 1. The molecule has 3 aromatic carbocycles. The minimum atomic E-state index is -0.209. The number of amides is 1. The summed E-state index contributed by atoms with van der Waals surface area (Å²) in [5.41, 5.74) is 2.21. The number of hydrogen-bond donors (Lipinski definition) is 1. The van der Waals surface area contributed by atoms with E-state index in [1.807, 2.05) is 48.5 Å². The van der Waals surface area contributed by atoms with Crippen molar-refractivity contribution < 1.29 is 4.79 Å². The van der Waals surface area contributed by atoms with Crippen molar-refractivity contribution in [2.24, 2.45) is 0 Å². The SMILES string of the molecule is O=C(CSc1nc2ccccc2c(=O)n1Cc1ccc(Cl)cc1)Nc1nc2ccccc2s1. The number of aromatic nitrogens is 3. The monoisotopic (exact) mass is 492 g/mol. The Morgan fingerprint density at radius 2 is 1.70 bits per heavy atom. The first-order valence-electron chi connectivity index (χ1n) is 10.1. The molecular formula is C24H17ClN4O2S2. The van der Waals surface area contributed by atoms with Gasteiger partial charge in [-0.1, -0.05) is 71.1 Å². The second-order valence-electron chi connectivity index (χ2n) is 7.25. The van der Waals surface area contributed by atoms with Gasteiger partial charge in [0, 0.05) is 5.02 Å². The standard InChI is InChI=1S/C24H17ClN4O2S2/c25-16-11-9-15(10-12-16)13-29-22(31)17-5-1-2-6-18(17)27-24(29)32-14-21(30)28-23-26-19-7-3-4-8-20(19)33-23/h1-12H,13-14H2,(H,26,28,30). The quantitative estimate of drug-likeness (QED) is 0.252. The van der Waals surface area contributed by atoms with Crippen LogP contribution in [0.2, 0.25) is 5.02 Å². The Bertz CT molecular complexity index is 1500. The fourth-order valence-corrected chi connectivity index (χ4v) is 5.19. The third-order valence-electron chi connectivity index (χ3n) is 4.95. The van der Waals surface area contributed by atoms with Gasteiger partial charge in [0.15, 0.2) is 10.3 Å². The lowest BCUT2D eigenvalue weighted by Gasteiger charge is -2.13. The molecule has 6 nitrogen and oxygen atoms in total. The molecule has 0 aliphatic rings. The molecule has 0 spiro atoms. The van der Waals surface area contributed by atoms with E-state index in [9.17, 15) is 9.59 Å². The summed E-state index contributed by atoms with van der Waals surface area (Å²) in [4.78, 5) is 35.0. The van der Waals surface area contributed by atoms with E-state index in [-0.39, 0.29) is 17.2 Å². The van der Waals surface area contributed by atoms with E-state index in [4.69, 9.17) is 11.6 Å². The molecule has 0 aliphatic heterocycles. The Labute approximate surface area is 202 Å². The van der Waals surface area contributed by atoms with Crippen LogP contribution in [0.25, 0.3) is 21.1 Å². The maximum atomic E-state index is 13.2. The van der Waals surface area contributed by atoms with Crippen LogP contribution in [0.5, 0.6) is 0 Å². The van der Waals surface area contributed by atoms with Gasteiger partial charge in [-0.15, -0.1) is 0 Å². The molecule has 2 aromatic heterocycles. The highest BCUT2D eigenvalue weighted by Crippen LogP contribution is 2.26. The second-order valence-corrected chi connectivity index (χ2v) is 9.66. The van der Waals surface area contributed by atoms with E-state index in [2.05, 4.69) is 15.3 Å². The number of benzene rings is 3. The Hall–Kier alpha value is -3.20. The number of rotatable bonds is 6. The predicted octanol–water partition coefficient (Wildman–Crippen LogP) is 5.44. The Balaban J connectivity index is 1.40. The molecule has 1 amide bonds. The molecule has 0 atom stereocenters. The zero-order valence-corrected chi connectivity index (χ0v) is 19.6. The lowest BCUT2D eigenvalue weighted by atomic mass is 10.2. The van der Waals surface area contributed by atoms with Crippen LogP contribution in [-0.4, -0.2) is 26.2 Å². The van der Waals surface area contributed by atoms with E-state index in [1.165, 1.54) is 23.1 Å². The number of nitrogens with one attached hydrogen (secondary N) is 1. The highest BCUT2D eigenvalue weighted by atomic mass is 35.5. The summed E-state index contributed by atoms with van der Waals surface area (Å²) in [6.45, 7) is 0.329. The fraction of sp³-hybridized carbons (Fsp3) is 0.0833. The average molecular weight is 493 g/mol. The number of fused-ring (bicyclic) bond motifs is 2. The lowest BCUT2D eigenvalue weighted by Crippen LogP contribution is -2.24. The Morgan fingerprint density at radius 1 is 0.970 bits per heavy atom. The normalized spacial score (nSPS) is 11.2. The maximum absolute atomic E-state index is 13.2. The highest BCUT2D eigenvalue weighted by molar-refractivity contribution is 7.99. The average Bonchev–Trinajstić information content (AvgIpc) is 3.23. The number of thioether (sulfide) groups is 1. The number of halogens is 1. The van der Waals surface area contributed by atoms with Gasteiger partial charge < -0.3 is 5.32 Å². The summed E-state index contributed by atoms with van der Waals surface area (Å²) in [6.07, 6.45) is 0. The maximum Gasteiger partial charge on any atom is 0.262 e. The van der Waals surface area contributed by atoms with Crippen LogP contribution in [0.4, 0.5) is 5.13 Å². The zero-order valence-electron chi connectivity index (χ0n) is 17.2. The van der Waals surface area contributed by atoms with Crippen molar-refractivity contribution in [3.8, 4) is 0 Å². The largest absolute Gasteiger partial charge is 0.301 e. The smallest absolute Gasteiger partial charge is 0.262 e. The van der Waals surface area contributed by atoms with Crippen molar-refractivity contribution in [3.05, 3.63) is 93.7 Å². The van der Waals surface area contributed by atoms with Crippen LogP contribution < -0.4 is 10.9 Å². The Morgan fingerprint density at radius 3 is 2.48 bits per heavy atom. The second kappa shape index (κ2) is 9.35. The summed E-state index contributed by atoms with van der Waals surface area (Å²) >= 11 is 8.65. The molecule has 9 heteroatoms. The van der Waals surface area contributed by atoms with Gasteiger partial charge in [0.05, 0.1) is 33.4 Å². The third kappa shape index (κ3) is 4.78. The molecule has 5 aromatic rings. The molecule has 0 aliphatic carbocycles. The van der Waals surface area contributed by atoms with Gasteiger partial charge in [-0.25, -0.2) is 9.97 Å². The number of hydrogen-bond acceptors (Lipinski definition) is 6. The minimum Gasteiger partial charge on any atom is -0.301 e. The van der Waals surface area contributed by atoms with Gasteiger partial charge in [0.1, 0.15) is 0 Å². The van der Waals surface area contributed by atoms with Crippen molar-refractivity contribution in [2.75, 3.05) is 11.1 Å². The number of thiazole rings is 1. The molecule has 0 fully saturated rings. The molecule has 1 N–H and O–H groups in total. The van der Waals surface area contributed by atoms with E-state index in [0.717, 1.165) is 15.8 Å². The summed E-state index contributed by atoms with van der Waals surface area (Å²) in [6, 6.07) is 22.3. The first kappa shape index (κ1) is 21.6. The first-order valence-corrected chi connectivity index (χ1v) is 12.3. The van der Waals surface area contributed by atoms with Gasteiger partial charge >= 0.3 is 0 Å². The summed E-state index contributed by atoms with van der Waals surface area (Å²) < 4.78 is 2.61. The van der Waals surface area contributed by atoms with Gasteiger partial charge in [-0.3, -0.25) is 14.2 Å². The Kier molecular flexibility index (Phi) is 6.13. The van der Waals surface area contributed by atoms with E-state index < -0.39 is 0 Å². The third-order valence-corrected chi connectivity index (χ3v) is 7.13. The molecule has 0 radical (unpaired) electrons. The highest BCUT2D eigenvalue weighted by Gasteiger charge is 2.15. The van der Waals surface area contributed by atoms with Crippen LogP contribution in [0.1, 0.15) is 5.56 Å². The molecule has 0 saturated carbocycles. The zero-order chi connectivity index (χ0) is 22.8. The van der Waals surface area contributed by atoms with Crippen molar-refractivity contribution >= 4 is 66.9 Å². The van der Waals surface area contributed by atoms with Crippen LogP contribution in [0, 0.1) is 0 Å². The number of nitrogens with zero attached hydrogens (tertiary/aromatic N) is 3. The van der Waals surface area contributed by atoms with Crippen molar-refractivity contribution in [3.63, 3.8) is 0 Å². The van der Waals surface area contributed by atoms with E-state index in [1.54, 1.807) is 28.8 Å². The summed E-state index contributed by atoms with van der Waals surface area (Å²) in [7, 11) is 0. The van der Waals surface area contributed by atoms with Crippen LogP contribution >= 0.6 is 34.7 Å².